The van der Waals surface area contributed by atoms with Gasteiger partial charge in [-0.2, -0.15) is 5.10 Å². The van der Waals surface area contributed by atoms with Crippen molar-refractivity contribution < 1.29 is 19.8 Å². The Morgan fingerprint density at radius 3 is 2.32 bits per heavy atom. The first-order valence-electron chi connectivity index (χ1n) is 7.07. The minimum absolute atomic E-state index is 0.0440. The van der Waals surface area contributed by atoms with Gasteiger partial charge in [-0.3, -0.25) is 5.01 Å². The number of rotatable bonds is 2. The van der Waals surface area contributed by atoms with Crippen molar-refractivity contribution in [1.29, 1.82) is 0 Å². The number of benzene rings is 1. The molecule has 2 aromatic rings. The molecule has 1 aliphatic rings. The number of phenols is 1. The molecule has 1 aliphatic heterocycles. The van der Waals surface area contributed by atoms with E-state index in [4.69, 9.17) is 16.1 Å². The maximum Gasteiger partial charge on any atom is 0.352 e. The normalized spacial score (nSPS) is 13.3. The first kappa shape index (κ1) is 17.8. The molecule has 10 heteroatoms. The molecule has 0 saturated carbocycles. The molecule has 5 N–H and O–H groups in total. The number of nitrogens with one attached hydrogen (secondary N) is 1. The Kier molecular flexibility index (Phi) is 5.58. The first-order chi connectivity index (χ1) is 11.9. The van der Waals surface area contributed by atoms with Crippen LogP contribution in [0.5, 0.6) is 5.75 Å². The highest BCUT2D eigenvalue weighted by Gasteiger charge is 2.13. The van der Waals surface area contributed by atoms with E-state index in [1.807, 2.05) is 0 Å². The monoisotopic (exact) mass is 344 g/mol. The van der Waals surface area contributed by atoms with Crippen molar-refractivity contribution in [1.82, 2.24) is 20.4 Å². The lowest BCUT2D eigenvalue weighted by Gasteiger charge is -2.19. The van der Waals surface area contributed by atoms with E-state index in [2.05, 4.69) is 20.5 Å². The summed E-state index contributed by atoms with van der Waals surface area (Å²) >= 11 is 0. The highest BCUT2D eigenvalue weighted by atomic mass is 16.4. The summed E-state index contributed by atoms with van der Waals surface area (Å²) < 4.78 is 0. The number of carbonyl (C=O) groups is 2. The van der Waals surface area contributed by atoms with Crippen LogP contribution in [0.3, 0.4) is 0 Å². The second kappa shape index (κ2) is 7.84. The van der Waals surface area contributed by atoms with Crippen LogP contribution in [0.25, 0.3) is 11.4 Å². The van der Waals surface area contributed by atoms with Gasteiger partial charge in [0.15, 0.2) is 5.82 Å². The third-order valence-corrected chi connectivity index (χ3v) is 3.03. The number of hydrogen-bond donors (Lipinski definition) is 4. The number of phenolic OH excluding ortho intramolecular Hbond substituents is 1. The number of hydrogen-bond acceptors (Lipinski definition) is 7. The molecule has 1 aromatic heterocycles. The molecule has 0 saturated heterocycles. The van der Waals surface area contributed by atoms with Gasteiger partial charge in [0.05, 0.1) is 17.8 Å². The van der Waals surface area contributed by atoms with Crippen LogP contribution in [0.15, 0.2) is 41.8 Å². The third kappa shape index (κ3) is 4.97. The van der Waals surface area contributed by atoms with E-state index in [0.717, 1.165) is 16.3 Å². The van der Waals surface area contributed by atoms with E-state index in [9.17, 15) is 9.59 Å². The smallest absolute Gasteiger partial charge is 0.352 e. The summed E-state index contributed by atoms with van der Waals surface area (Å²) in [6.45, 7) is 2.20. The summed E-state index contributed by atoms with van der Waals surface area (Å²) in [5, 5.41) is 22.5. The van der Waals surface area contributed by atoms with Crippen LogP contribution in [-0.4, -0.2) is 49.4 Å². The maximum absolute atomic E-state index is 10.6. The summed E-state index contributed by atoms with van der Waals surface area (Å²) in [4.78, 5) is 29.0. The number of carbonyl (C=O) groups excluding carboxylic acids is 1. The van der Waals surface area contributed by atoms with Gasteiger partial charge < -0.3 is 10.2 Å². The molecular formula is C15H16N6O4. The number of amides is 2. The van der Waals surface area contributed by atoms with Crippen molar-refractivity contribution in [3.05, 3.63) is 42.2 Å². The molecule has 0 fully saturated rings. The predicted octanol–water partition coefficient (Wildman–Crippen LogP) is 0.809. The zero-order valence-corrected chi connectivity index (χ0v) is 13.2. The molecule has 0 atom stereocenters. The molecule has 2 amide bonds. The van der Waals surface area contributed by atoms with E-state index in [1.165, 1.54) is 24.5 Å². The Balaban J connectivity index is 0.000000212. The molecule has 0 bridgehead atoms. The standard InChI is InChI=1S/C11H8N2O3.C4H8N4O/c14-9-3-1-7(2-4-9)10-12-5-8(6-13-10)11(15)16;1-3-2-8(5)4(9)7-6-3/h1-6,14H,(H,15,16);2,5H2,1H3,(H,7,9). The summed E-state index contributed by atoms with van der Waals surface area (Å²) in [5.74, 6) is 4.73. The van der Waals surface area contributed by atoms with Gasteiger partial charge in [0.1, 0.15) is 5.75 Å². The quantitative estimate of drug-likeness (QED) is 0.464. The zero-order chi connectivity index (χ0) is 18.4. The average Bonchev–Trinajstić information content (AvgIpc) is 2.60. The Hall–Kier alpha value is -3.53. The van der Waals surface area contributed by atoms with Crippen LogP contribution in [-0.2, 0) is 0 Å². The summed E-state index contributed by atoms with van der Waals surface area (Å²) in [7, 11) is 0. The molecule has 2 heterocycles. The number of aromatic carboxylic acids is 1. The topological polar surface area (TPSA) is 154 Å². The van der Waals surface area contributed by atoms with Crippen molar-refractivity contribution in [3.8, 4) is 17.1 Å². The molecule has 0 aliphatic carbocycles. The third-order valence-electron chi connectivity index (χ3n) is 3.03. The molecular weight excluding hydrogens is 328 g/mol. The molecule has 0 spiro atoms. The lowest BCUT2D eigenvalue weighted by molar-refractivity contribution is 0.0696. The molecule has 130 valence electrons. The van der Waals surface area contributed by atoms with Crippen LogP contribution in [0.4, 0.5) is 4.79 Å². The van der Waals surface area contributed by atoms with Crippen molar-refractivity contribution in [3.63, 3.8) is 0 Å². The number of carboxylic acids is 1. The van der Waals surface area contributed by atoms with Crippen molar-refractivity contribution in [2.24, 2.45) is 10.9 Å². The number of hydrazine groups is 1. The number of aromatic hydroxyl groups is 1. The van der Waals surface area contributed by atoms with E-state index < -0.39 is 5.97 Å². The fourth-order valence-corrected chi connectivity index (χ4v) is 1.76. The maximum atomic E-state index is 10.6. The van der Waals surface area contributed by atoms with E-state index in [0.29, 0.717) is 12.4 Å². The molecule has 3 rings (SSSR count). The van der Waals surface area contributed by atoms with Gasteiger partial charge in [0.25, 0.3) is 0 Å². The van der Waals surface area contributed by atoms with Crippen molar-refractivity contribution in [2.75, 3.05) is 6.54 Å². The summed E-state index contributed by atoms with van der Waals surface area (Å²) in [6.07, 6.45) is 2.50. The van der Waals surface area contributed by atoms with Gasteiger partial charge in [0, 0.05) is 18.0 Å². The molecule has 10 nitrogen and oxygen atoms in total. The highest BCUT2D eigenvalue weighted by Crippen LogP contribution is 2.17. The second-order valence-corrected chi connectivity index (χ2v) is 5.04. The van der Waals surface area contributed by atoms with Crippen LogP contribution in [0, 0.1) is 0 Å². The molecule has 25 heavy (non-hydrogen) atoms. The fraction of sp³-hybridized carbons (Fsp3) is 0.133. The van der Waals surface area contributed by atoms with Gasteiger partial charge in [-0.05, 0) is 31.2 Å². The number of nitrogens with two attached hydrogens (primary N) is 1. The molecule has 1 aromatic carbocycles. The Labute approximate surface area is 142 Å². The second-order valence-electron chi connectivity index (χ2n) is 5.04. The molecule has 0 unspecified atom stereocenters. The predicted molar refractivity (Wildman–Crippen MR) is 88.6 cm³/mol. The van der Waals surface area contributed by atoms with E-state index in [-0.39, 0.29) is 17.3 Å². The lowest BCUT2D eigenvalue weighted by atomic mass is 10.2. The van der Waals surface area contributed by atoms with Gasteiger partial charge in [-0.25, -0.2) is 30.8 Å². The Morgan fingerprint density at radius 1 is 1.24 bits per heavy atom. The fourth-order valence-electron chi connectivity index (χ4n) is 1.76. The van der Waals surface area contributed by atoms with Crippen LogP contribution in [0.2, 0.25) is 0 Å². The average molecular weight is 344 g/mol. The summed E-state index contributed by atoms with van der Waals surface area (Å²) in [6, 6.07) is 5.99. The van der Waals surface area contributed by atoms with Gasteiger partial charge in [-0.1, -0.05) is 0 Å². The van der Waals surface area contributed by atoms with Crippen LogP contribution in [0.1, 0.15) is 17.3 Å². The minimum Gasteiger partial charge on any atom is -0.508 e. The number of hydrazone groups is 1. The highest BCUT2D eigenvalue weighted by molar-refractivity contribution is 5.91. The number of carboxylic acid groups (broad SMARTS) is 1. The SMILES string of the molecule is CC1=NNC(=O)N(N)C1.O=C(O)c1cnc(-c2ccc(O)cc2)nc1. The van der Waals surface area contributed by atoms with Gasteiger partial charge >= 0.3 is 12.0 Å². The first-order valence-corrected chi connectivity index (χ1v) is 7.07. The summed E-state index contributed by atoms with van der Waals surface area (Å²) in [5.41, 5.74) is 3.80. The van der Waals surface area contributed by atoms with Crippen LogP contribution >= 0.6 is 0 Å². The van der Waals surface area contributed by atoms with Crippen molar-refractivity contribution >= 4 is 17.7 Å². The Bertz CT molecular complexity index is 789. The number of nitrogens with zero attached hydrogens (tertiary/aromatic N) is 4. The number of urea groups is 1. The minimum atomic E-state index is -1.06. The van der Waals surface area contributed by atoms with Crippen molar-refractivity contribution in [2.45, 2.75) is 6.92 Å². The van der Waals surface area contributed by atoms with E-state index in [1.54, 1.807) is 19.1 Å². The zero-order valence-electron chi connectivity index (χ0n) is 13.2. The van der Waals surface area contributed by atoms with Crippen LogP contribution < -0.4 is 11.3 Å². The van der Waals surface area contributed by atoms with Gasteiger partial charge in [-0.15, -0.1) is 0 Å². The van der Waals surface area contributed by atoms with Gasteiger partial charge in [0.2, 0.25) is 0 Å². The van der Waals surface area contributed by atoms with E-state index >= 15 is 0 Å². The lowest BCUT2D eigenvalue weighted by Crippen LogP contribution is -2.49. The Morgan fingerprint density at radius 2 is 1.84 bits per heavy atom. The largest absolute Gasteiger partial charge is 0.508 e. The molecule has 0 radical (unpaired) electrons. The number of aromatic nitrogens is 2.